The van der Waals surface area contributed by atoms with E-state index < -0.39 is 271 Å². The molecule has 12 aliphatic rings. The van der Waals surface area contributed by atoms with Gasteiger partial charge in [0, 0.05) is 5.92 Å². The van der Waals surface area contributed by atoms with E-state index in [0.717, 1.165) is 24.0 Å². The first-order valence-corrected chi connectivity index (χ1v) is 36.4. The quantitative estimate of drug-likeness (QED) is 0.0345. The Bertz CT molecular complexity index is 2970. The molecule has 0 amide bonds. The molecule has 41 atom stereocenters. The smallest absolute Gasteiger partial charge is 0.315 e. The van der Waals surface area contributed by atoms with Gasteiger partial charge in [-0.1, -0.05) is 58.4 Å². The minimum atomic E-state index is -2.03. The molecule has 41 unspecified atom stereocenters. The lowest BCUT2D eigenvalue weighted by Crippen LogP contribution is -2.67. The van der Waals surface area contributed by atoms with E-state index in [9.17, 15) is 102 Å². The van der Waals surface area contributed by atoms with Gasteiger partial charge in [0.15, 0.2) is 37.7 Å². The van der Waals surface area contributed by atoms with Crippen LogP contribution >= 0.6 is 0 Å². The Kier molecular flexibility index (Phi) is 24.4. The van der Waals surface area contributed by atoms with Gasteiger partial charge in [-0.3, -0.25) is 4.79 Å². The van der Waals surface area contributed by atoms with Crippen LogP contribution in [0, 0.1) is 44.8 Å². The molecule has 0 radical (unpaired) electrons. The highest BCUT2D eigenvalue weighted by Gasteiger charge is 2.70. The molecular weight excluding hydrogens is 1390 g/mol. The van der Waals surface area contributed by atoms with Gasteiger partial charge < -0.3 is 168 Å². The number of carbonyl (C=O) groups is 1. The monoisotopic (exact) mass is 1500 g/mol. The number of hydrogen-bond acceptors (Lipinski definition) is 35. The predicted molar refractivity (Wildman–Crippen MR) is 343 cm³/mol. The van der Waals surface area contributed by atoms with Crippen molar-refractivity contribution in [2.75, 3.05) is 39.6 Å². The van der Waals surface area contributed by atoms with Crippen molar-refractivity contribution in [3.63, 3.8) is 0 Å². The maximum absolute atomic E-state index is 15.2. The van der Waals surface area contributed by atoms with E-state index in [-0.39, 0.29) is 28.6 Å². The average Bonchev–Trinajstić information content (AvgIpc) is 0.676. The van der Waals surface area contributed by atoms with Gasteiger partial charge in [-0.25, -0.2) is 0 Å². The van der Waals surface area contributed by atoms with Gasteiger partial charge in [0.25, 0.3) is 0 Å². The molecule has 11 fully saturated rings. The van der Waals surface area contributed by atoms with Crippen molar-refractivity contribution in [3.05, 3.63) is 23.8 Å². The highest BCUT2D eigenvalue weighted by Crippen LogP contribution is 2.76. The highest BCUT2D eigenvalue weighted by molar-refractivity contribution is 5.79. The van der Waals surface area contributed by atoms with E-state index in [4.69, 9.17) is 66.3 Å². The number of aliphatic hydroxyl groups excluding tert-OH is 20. The second-order valence-electron chi connectivity index (χ2n) is 32.4. The van der Waals surface area contributed by atoms with Crippen LogP contribution in [0.15, 0.2) is 23.8 Å². The molecule has 7 saturated heterocycles. The van der Waals surface area contributed by atoms with Crippen LogP contribution in [-0.4, -0.2) is 357 Å². The first-order valence-electron chi connectivity index (χ1n) is 36.4. The molecule has 0 bridgehead atoms. The van der Waals surface area contributed by atoms with Crippen LogP contribution in [0.5, 0.6) is 0 Å². The van der Waals surface area contributed by atoms with Crippen molar-refractivity contribution in [3.8, 4) is 0 Å². The Morgan fingerprint density at radius 2 is 1.00 bits per heavy atom. The van der Waals surface area contributed by atoms with Crippen LogP contribution in [0.25, 0.3) is 0 Å². The number of hydrogen-bond donors (Lipinski definition) is 20. The fourth-order valence-corrected chi connectivity index (χ4v) is 19.9. The molecule has 7 aliphatic heterocycles. The normalized spacial score (nSPS) is 54.2. The second-order valence-corrected chi connectivity index (χ2v) is 32.4. The van der Waals surface area contributed by atoms with Gasteiger partial charge in [0.1, 0.15) is 153 Å². The summed E-state index contributed by atoms with van der Waals surface area (Å²) in [7, 11) is 0. The van der Waals surface area contributed by atoms with E-state index in [0.29, 0.717) is 51.4 Å². The minimum absolute atomic E-state index is 0.0613. The van der Waals surface area contributed by atoms with Crippen LogP contribution in [0.4, 0.5) is 0 Å². The van der Waals surface area contributed by atoms with Crippen molar-refractivity contribution >= 4 is 5.97 Å². The Morgan fingerprint density at radius 1 is 0.481 bits per heavy atom. The van der Waals surface area contributed by atoms with E-state index in [2.05, 4.69) is 47.3 Å². The molecule has 7 heterocycles. The van der Waals surface area contributed by atoms with Crippen LogP contribution in [-0.2, 0) is 71.1 Å². The first-order chi connectivity index (χ1) is 49.0. The molecule has 0 aromatic carbocycles. The fraction of sp³-hybridized carbons (Fsp3) is 0.928. The van der Waals surface area contributed by atoms with E-state index in [1.165, 1.54) is 6.92 Å². The number of ether oxygens (including phenoxy) is 14. The largest absolute Gasteiger partial charge is 0.432 e. The molecule has 104 heavy (non-hydrogen) atoms. The topological polar surface area (TPSA) is 551 Å². The number of aliphatic hydroxyl groups is 20. The number of carbonyl (C=O) groups excluding carboxylic acids is 1. The van der Waals surface area contributed by atoms with E-state index in [1.54, 1.807) is 0 Å². The van der Waals surface area contributed by atoms with Crippen LogP contribution < -0.4 is 0 Å². The molecule has 35 nitrogen and oxygen atoms in total. The summed E-state index contributed by atoms with van der Waals surface area (Å²) in [6.07, 6.45) is -48.6. The Balaban J connectivity index is 0.678. The minimum Gasteiger partial charge on any atom is -0.432 e. The third kappa shape index (κ3) is 14.2. The van der Waals surface area contributed by atoms with Crippen molar-refractivity contribution in [1.29, 1.82) is 0 Å². The molecule has 5 aliphatic carbocycles. The maximum atomic E-state index is 15.2. The lowest BCUT2D eigenvalue weighted by atomic mass is 9.34. The van der Waals surface area contributed by atoms with E-state index in [1.807, 2.05) is 0 Å². The number of fused-ring (bicyclic) bond motifs is 7. The average molecular weight is 1500 g/mol. The van der Waals surface area contributed by atoms with Crippen molar-refractivity contribution in [2.24, 2.45) is 44.8 Å². The fourth-order valence-electron chi connectivity index (χ4n) is 19.9. The Hall–Kier alpha value is -2.37. The molecule has 4 saturated carbocycles. The number of rotatable bonds is 18. The zero-order chi connectivity index (χ0) is 75.5. The van der Waals surface area contributed by atoms with Crippen molar-refractivity contribution < 1.29 is 173 Å². The van der Waals surface area contributed by atoms with Gasteiger partial charge in [0.2, 0.25) is 6.29 Å². The summed E-state index contributed by atoms with van der Waals surface area (Å²) in [5, 5.41) is 218. The van der Waals surface area contributed by atoms with Crippen LogP contribution in [0.2, 0.25) is 0 Å². The lowest BCUT2D eigenvalue weighted by molar-refractivity contribution is -0.385. The summed E-state index contributed by atoms with van der Waals surface area (Å²) < 4.78 is 82.0. The van der Waals surface area contributed by atoms with Gasteiger partial charge >= 0.3 is 5.97 Å². The van der Waals surface area contributed by atoms with E-state index >= 15 is 4.79 Å². The predicted octanol–water partition coefficient (Wildman–Crippen LogP) is -6.73. The molecule has 0 spiro atoms. The third-order valence-corrected chi connectivity index (χ3v) is 26.3. The zero-order valence-electron chi connectivity index (χ0n) is 59.0. The Morgan fingerprint density at radius 3 is 1.65 bits per heavy atom. The summed E-state index contributed by atoms with van der Waals surface area (Å²) in [4.78, 5) is 15.2. The third-order valence-electron chi connectivity index (χ3n) is 26.3. The molecule has 596 valence electrons. The highest BCUT2D eigenvalue weighted by atomic mass is 16.8. The molecule has 20 N–H and O–H groups in total. The standard InChI is InChI=1S/C69H110O35/c1-25-10-15-69(64(90)104-62-48(85)43(80)40(77)34(98-62)24-93-57-49(86)44(81)54(32(20-71)96-57)101-60-47(84)42(79)38(75)26(2)94-60)17-16-67(6)27(28(69)18-25)8-9-36-66(5)13-12-37(65(3,4)35(66)11-14-68(36,67)7)99-59-51(88)53(30(74)23-92-59)100-61-50(87)45(82)55(33(21-72)97-61)102-63-52(89)56(41(78)31(19-70)95-63)103-58-46(83)39(76)29(73)22-91-58/h8,26,28-63,70-89H,1,9-24H2,2-7H3. The number of allylic oxidation sites excluding steroid dienone is 3. The first kappa shape index (κ1) is 81.1. The van der Waals surface area contributed by atoms with Gasteiger partial charge in [0.05, 0.1) is 57.3 Å². The van der Waals surface area contributed by atoms with Crippen molar-refractivity contribution in [1.82, 2.24) is 0 Å². The SMILES string of the molecule is C=C1CCC2(C(=O)OC3OC(COC4OC(CO)C(OC5OC(C)C(O)C(O)C5O)C(O)C4O)C(O)C(O)C3O)CCC3(C)C(=CCC4C5(C)CCC(OC6OCC(O)C(OC7OC(CO)C(OC8OC(CO)C(O)C(OC9OCC(O)C(O)C9O)C8O)C(O)C7O)C6O)C(C)(C)C5CCC43C)C2C1. The van der Waals surface area contributed by atoms with Crippen LogP contribution in [0.3, 0.4) is 0 Å². The second kappa shape index (κ2) is 31.3. The van der Waals surface area contributed by atoms with Gasteiger partial charge in [-0.2, -0.15) is 0 Å². The molecule has 35 heteroatoms. The summed E-state index contributed by atoms with van der Waals surface area (Å²) in [6.45, 7) is 12.9. The zero-order valence-corrected chi connectivity index (χ0v) is 59.0. The maximum Gasteiger partial charge on any atom is 0.315 e. The summed E-state index contributed by atoms with van der Waals surface area (Å²) in [5.41, 5.74) is -0.624. The molecule has 12 rings (SSSR count). The number of esters is 1. The van der Waals surface area contributed by atoms with Crippen molar-refractivity contribution in [2.45, 2.75) is 315 Å². The summed E-state index contributed by atoms with van der Waals surface area (Å²) in [6, 6.07) is 0. The summed E-state index contributed by atoms with van der Waals surface area (Å²) in [5.74, 6) is -0.852. The Labute approximate surface area is 600 Å². The molecular formula is C69H110O35. The molecule has 0 aromatic heterocycles. The van der Waals surface area contributed by atoms with Gasteiger partial charge in [-0.15, -0.1) is 0 Å². The van der Waals surface area contributed by atoms with Gasteiger partial charge in [-0.05, 0) is 105 Å². The van der Waals surface area contributed by atoms with Crippen LogP contribution in [0.1, 0.15) is 106 Å². The molecule has 0 aromatic rings. The summed E-state index contributed by atoms with van der Waals surface area (Å²) >= 11 is 0. The lowest BCUT2D eigenvalue weighted by Gasteiger charge is -2.71.